The summed E-state index contributed by atoms with van der Waals surface area (Å²) in [4.78, 5) is 13.3. The molecule has 1 aromatic carbocycles. The number of hydrogen-bond donors (Lipinski definition) is 1. The Labute approximate surface area is 131 Å². The smallest absolute Gasteiger partial charge is 0.408 e. The number of benzene rings is 1. The van der Waals surface area contributed by atoms with Crippen molar-refractivity contribution in [2.75, 3.05) is 6.54 Å². The summed E-state index contributed by atoms with van der Waals surface area (Å²) in [6, 6.07) is 4.55. The molecule has 1 fully saturated rings. The van der Waals surface area contributed by atoms with E-state index in [1.54, 1.807) is 6.07 Å². The van der Waals surface area contributed by atoms with Gasteiger partial charge in [-0.05, 0) is 38.0 Å². The maximum atomic E-state index is 13.2. The van der Waals surface area contributed by atoms with Crippen LogP contribution in [0.2, 0.25) is 0 Å². The lowest BCUT2D eigenvalue weighted by Gasteiger charge is -2.38. The molecule has 2 heterocycles. The number of nitrogens with two attached hydrogens (primary N) is 1. The lowest BCUT2D eigenvalue weighted by Crippen LogP contribution is -2.56. The van der Waals surface area contributed by atoms with E-state index in [9.17, 15) is 18.0 Å². The van der Waals surface area contributed by atoms with E-state index in [0.717, 1.165) is 10.5 Å². The molecule has 2 atom stereocenters. The van der Waals surface area contributed by atoms with Crippen molar-refractivity contribution in [1.82, 2.24) is 4.90 Å². The molecule has 2 N–H and O–H groups in total. The maximum Gasteiger partial charge on any atom is 0.408 e. The van der Waals surface area contributed by atoms with Crippen LogP contribution in [0.1, 0.15) is 29.0 Å². The lowest BCUT2D eigenvalue weighted by atomic mass is 9.98. The van der Waals surface area contributed by atoms with E-state index in [4.69, 9.17) is 10.2 Å². The van der Waals surface area contributed by atoms with Gasteiger partial charge in [0.15, 0.2) is 5.76 Å². The average Bonchev–Trinajstić information content (AvgIpc) is 2.88. The van der Waals surface area contributed by atoms with Gasteiger partial charge in [-0.3, -0.25) is 4.79 Å². The molecular formula is C16H17F3N2O2. The third kappa shape index (κ3) is 3.06. The Morgan fingerprint density at radius 2 is 2.04 bits per heavy atom. The third-order valence-corrected chi connectivity index (χ3v) is 4.14. The highest BCUT2D eigenvalue weighted by atomic mass is 19.4. The van der Waals surface area contributed by atoms with Crippen LogP contribution in [0.4, 0.5) is 13.2 Å². The number of alkyl halides is 3. The van der Waals surface area contributed by atoms with Crippen molar-refractivity contribution in [3.63, 3.8) is 0 Å². The number of furan rings is 1. The molecule has 0 aliphatic carbocycles. The molecule has 0 bridgehead atoms. The normalized spacial score (nSPS) is 22.6. The highest BCUT2D eigenvalue weighted by Crippen LogP contribution is 2.33. The highest BCUT2D eigenvalue weighted by molar-refractivity contribution is 5.96. The van der Waals surface area contributed by atoms with Crippen molar-refractivity contribution in [3.8, 4) is 0 Å². The first kappa shape index (κ1) is 15.9. The first-order chi connectivity index (χ1) is 10.8. The number of amides is 1. The van der Waals surface area contributed by atoms with Crippen LogP contribution in [0.3, 0.4) is 0 Å². The number of nitrogens with zero attached hydrogens (tertiary/aromatic N) is 1. The summed E-state index contributed by atoms with van der Waals surface area (Å²) in [5.74, 6) is -0.856. The zero-order chi connectivity index (χ0) is 16.8. The van der Waals surface area contributed by atoms with Gasteiger partial charge in [-0.1, -0.05) is 11.6 Å². The van der Waals surface area contributed by atoms with Crippen LogP contribution in [0.25, 0.3) is 11.0 Å². The molecule has 0 spiro atoms. The second-order valence-corrected chi connectivity index (χ2v) is 6.00. The number of fused-ring (bicyclic) bond motifs is 1. The van der Waals surface area contributed by atoms with Gasteiger partial charge in [0, 0.05) is 18.0 Å². The van der Waals surface area contributed by atoms with Gasteiger partial charge in [-0.25, -0.2) is 0 Å². The topological polar surface area (TPSA) is 59.5 Å². The minimum Gasteiger partial charge on any atom is -0.451 e. The van der Waals surface area contributed by atoms with E-state index >= 15 is 0 Å². The molecule has 1 aromatic heterocycles. The summed E-state index contributed by atoms with van der Waals surface area (Å²) in [5.41, 5.74) is 7.20. The number of carbonyl (C=O) groups excluding carboxylic acids is 1. The maximum absolute atomic E-state index is 13.2. The van der Waals surface area contributed by atoms with Gasteiger partial charge in [0.25, 0.3) is 5.91 Å². The fourth-order valence-electron chi connectivity index (χ4n) is 2.97. The molecule has 0 saturated carbocycles. The fourth-order valence-corrected chi connectivity index (χ4v) is 2.97. The van der Waals surface area contributed by atoms with Gasteiger partial charge in [-0.15, -0.1) is 0 Å². The van der Waals surface area contributed by atoms with Gasteiger partial charge < -0.3 is 15.1 Å². The molecule has 1 aliphatic rings. The first-order valence-electron chi connectivity index (χ1n) is 7.39. The van der Waals surface area contributed by atoms with E-state index in [0.29, 0.717) is 11.0 Å². The third-order valence-electron chi connectivity index (χ3n) is 4.14. The summed E-state index contributed by atoms with van der Waals surface area (Å²) in [6.07, 6.45) is -4.42. The van der Waals surface area contributed by atoms with Crippen LogP contribution in [-0.4, -0.2) is 35.6 Å². The highest BCUT2D eigenvalue weighted by Gasteiger charge is 2.48. The second kappa shape index (κ2) is 5.56. The zero-order valence-corrected chi connectivity index (χ0v) is 12.6. The van der Waals surface area contributed by atoms with Crippen LogP contribution < -0.4 is 5.73 Å². The van der Waals surface area contributed by atoms with E-state index < -0.39 is 24.2 Å². The van der Waals surface area contributed by atoms with Crippen LogP contribution in [0.5, 0.6) is 0 Å². The standard InChI is InChI=1S/C16H17F3N2O2/c1-9-2-4-12-10(6-9)7-13(23-12)15(22)21-8-11(20)3-5-14(21)16(17,18)19/h2,4,6-7,11,14H,3,5,8,20H2,1H3. The number of piperidine rings is 1. The Morgan fingerprint density at radius 3 is 2.74 bits per heavy atom. The molecule has 23 heavy (non-hydrogen) atoms. The fraction of sp³-hybridized carbons (Fsp3) is 0.438. The minimum atomic E-state index is -4.47. The number of hydrogen-bond acceptors (Lipinski definition) is 3. The molecule has 124 valence electrons. The van der Waals surface area contributed by atoms with Gasteiger partial charge in [0.2, 0.25) is 0 Å². The Balaban J connectivity index is 1.94. The van der Waals surface area contributed by atoms with Crippen molar-refractivity contribution in [3.05, 3.63) is 35.6 Å². The average molecular weight is 326 g/mol. The second-order valence-electron chi connectivity index (χ2n) is 6.00. The predicted octanol–water partition coefficient (Wildman–Crippen LogP) is 3.24. The van der Waals surface area contributed by atoms with Crippen molar-refractivity contribution in [2.45, 2.75) is 38.0 Å². The number of likely N-dealkylation sites (tertiary alicyclic amines) is 1. The zero-order valence-electron chi connectivity index (χ0n) is 12.6. The van der Waals surface area contributed by atoms with Crippen LogP contribution in [-0.2, 0) is 0 Å². The molecule has 1 aliphatic heterocycles. The van der Waals surface area contributed by atoms with Crippen molar-refractivity contribution in [1.29, 1.82) is 0 Å². The number of aryl methyl sites for hydroxylation is 1. The van der Waals surface area contributed by atoms with Gasteiger partial charge in [0.1, 0.15) is 11.6 Å². The molecule has 1 amide bonds. The quantitative estimate of drug-likeness (QED) is 0.875. The molecule has 2 unspecified atom stereocenters. The monoisotopic (exact) mass is 326 g/mol. The van der Waals surface area contributed by atoms with E-state index in [1.165, 1.54) is 6.07 Å². The van der Waals surface area contributed by atoms with Crippen molar-refractivity contribution in [2.24, 2.45) is 5.73 Å². The van der Waals surface area contributed by atoms with Crippen LogP contribution >= 0.6 is 0 Å². The summed E-state index contributed by atoms with van der Waals surface area (Å²) in [7, 11) is 0. The summed E-state index contributed by atoms with van der Waals surface area (Å²) >= 11 is 0. The summed E-state index contributed by atoms with van der Waals surface area (Å²) in [5, 5.41) is 0.693. The van der Waals surface area contributed by atoms with E-state index in [-0.39, 0.29) is 25.1 Å². The van der Waals surface area contributed by atoms with Crippen LogP contribution in [0.15, 0.2) is 28.7 Å². The number of halogens is 3. The summed E-state index contributed by atoms with van der Waals surface area (Å²) in [6.45, 7) is 1.76. The number of carbonyl (C=O) groups is 1. The van der Waals surface area contributed by atoms with Gasteiger partial charge >= 0.3 is 6.18 Å². The molecule has 0 radical (unpaired) electrons. The minimum absolute atomic E-state index is 0.0889. The summed E-state index contributed by atoms with van der Waals surface area (Å²) < 4.78 is 45.0. The van der Waals surface area contributed by atoms with Crippen molar-refractivity contribution < 1.29 is 22.4 Å². The molecule has 4 nitrogen and oxygen atoms in total. The van der Waals surface area contributed by atoms with E-state index in [2.05, 4.69) is 0 Å². The molecule has 1 saturated heterocycles. The molecule has 2 aromatic rings. The Kier molecular flexibility index (Phi) is 3.83. The Morgan fingerprint density at radius 1 is 1.30 bits per heavy atom. The Bertz CT molecular complexity index is 738. The van der Waals surface area contributed by atoms with E-state index in [1.807, 2.05) is 19.1 Å². The molecule has 3 rings (SSSR count). The molecule has 7 heteroatoms. The Hall–Kier alpha value is -2.02. The molecular weight excluding hydrogens is 309 g/mol. The predicted molar refractivity (Wildman–Crippen MR) is 79.0 cm³/mol. The first-order valence-corrected chi connectivity index (χ1v) is 7.39. The number of rotatable bonds is 1. The van der Waals surface area contributed by atoms with Gasteiger partial charge in [0.05, 0.1) is 0 Å². The van der Waals surface area contributed by atoms with Crippen molar-refractivity contribution >= 4 is 16.9 Å². The van der Waals surface area contributed by atoms with Gasteiger partial charge in [-0.2, -0.15) is 13.2 Å². The largest absolute Gasteiger partial charge is 0.451 e. The van der Waals surface area contributed by atoms with Crippen LogP contribution in [0, 0.1) is 6.92 Å². The SMILES string of the molecule is Cc1ccc2oc(C(=O)N3CC(N)CCC3C(F)(F)F)cc2c1. The lowest BCUT2D eigenvalue weighted by molar-refractivity contribution is -0.184.